The van der Waals surface area contributed by atoms with Crippen LogP contribution in [0.15, 0.2) is 18.2 Å². The lowest BCUT2D eigenvalue weighted by atomic mass is 10.1. The van der Waals surface area contributed by atoms with Gasteiger partial charge in [-0.2, -0.15) is 0 Å². The fourth-order valence-electron chi connectivity index (χ4n) is 2.97. The highest BCUT2D eigenvalue weighted by Crippen LogP contribution is 2.22. The summed E-state index contributed by atoms with van der Waals surface area (Å²) in [5, 5.41) is 17.5. The summed E-state index contributed by atoms with van der Waals surface area (Å²) in [6.07, 6.45) is 0.602. The van der Waals surface area contributed by atoms with Crippen molar-refractivity contribution in [2.75, 3.05) is 30.3 Å². The number of aliphatic hydroxyl groups excluding tert-OH is 1. The summed E-state index contributed by atoms with van der Waals surface area (Å²) in [4.78, 5) is 38.1. The number of amides is 4. The molecule has 1 aliphatic heterocycles. The van der Waals surface area contributed by atoms with Crippen LogP contribution in [0.25, 0.3) is 0 Å². The van der Waals surface area contributed by atoms with Gasteiger partial charge in [0.25, 0.3) is 0 Å². The van der Waals surface area contributed by atoms with Crippen molar-refractivity contribution in [3.8, 4) is 0 Å². The van der Waals surface area contributed by atoms with Gasteiger partial charge in [0.1, 0.15) is 6.04 Å². The molecule has 27 heavy (non-hydrogen) atoms. The van der Waals surface area contributed by atoms with Gasteiger partial charge in [0.2, 0.25) is 11.8 Å². The molecule has 1 aromatic carbocycles. The van der Waals surface area contributed by atoms with E-state index in [9.17, 15) is 19.5 Å². The molecule has 1 aliphatic rings. The Morgan fingerprint density at radius 2 is 2.07 bits per heavy atom. The first kappa shape index (κ1) is 20.7. The highest BCUT2D eigenvalue weighted by molar-refractivity contribution is 5.96. The molecule has 2 rings (SSSR count). The molecule has 0 aliphatic carbocycles. The normalized spacial score (nSPS) is 16.9. The van der Waals surface area contributed by atoms with Crippen molar-refractivity contribution < 1.29 is 19.5 Å². The predicted molar refractivity (Wildman–Crippen MR) is 103 cm³/mol. The highest BCUT2D eigenvalue weighted by atomic mass is 16.3. The molecule has 4 N–H and O–H groups in total. The zero-order valence-corrected chi connectivity index (χ0v) is 16.0. The van der Waals surface area contributed by atoms with E-state index < -0.39 is 12.1 Å². The van der Waals surface area contributed by atoms with Crippen molar-refractivity contribution in [3.05, 3.63) is 23.8 Å². The average molecular weight is 376 g/mol. The number of aryl methyl sites for hydroxylation is 1. The number of piperazine rings is 1. The van der Waals surface area contributed by atoms with E-state index in [4.69, 9.17) is 0 Å². The third-order valence-corrected chi connectivity index (χ3v) is 4.35. The first-order valence-electron chi connectivity index (χ1n) is 9.18. The molecule has 1 heterocycles. The highest BCUT2D eigenvalue weighted by Gasteiger charge is 2.32. The minimum Gasteiger partial charge on any atom is -0.396 e. The van der Waals surface area contributed by atoms with Gasteiger partial charge in [-0.15, -0.1) is 0 Å². The van der Waals surface area contributed by atoms with E-state index in [-0.39, 0.29) is 30.8 Å². The van der Waals surface area contributed by atoms with Crippen molar-refractivity contribution >= 4 is 29.2 Å². The van der Waals surface area contributed by atoms with Crippen molar-refractivity contribution in [3.63, 3.8) is 0 Å². The lowest BCUT2D eigenvalue weighted by molar-refractivity contribution is -0.128. The van der Waals surface area contributed by atoms with E-state index in [1.807, 2.05) is 26.8 Å². The van der Waals surface area contributed by atoms with Gasteiger partial charge in [-0.25, -0.2) is 4.79 Å². The number of carbonyl (C=O) groups is 3. The number of benzene rings is 1. The van der Waals surface area contributed by atoms with Gasteiger partial charge in [-0.05, 0) is 37.0 Å². The summed E-state index contributed by atoms with van der Waals surface area (Å²) in [7, 11) is 0. The molecule has 8 nitrogen and oxygen atoms in total. The van der Waals surface area contributed by atoms with Crippen LogP contribution in [0.3, 0.4) is 0 Å². The van der Waals surface area contributed by atoms with Crippen LogP contribution in [-0.2, 0) is 9.59 Å². The van der Waals surface area contributed by atoms with Crippen LogP contribution in [0.4, 0.5) is 16.2 Å². The third-order valence-electron chi connectivity index (χ3n) is 4.35. The van der Waals surface area contributed by atoms with Crippen LogP contribution in [-0.4, -0.2) is 53.6 Å². The Morgan fingerprint density at radius 1 is 1.33 bits per heavy atom. The van der Waals surface area contributed by atoms with Crippen molar-refractivity contribution in [1.82, 2.24) is 10.2 Å². The third kappa shape index (κ3) is 5.68. The number of hydrogen-bond donors (Lipinski definition) is 4. The number of nitrogens with one attached hydrogen (secondary N) is 3. The topological polar surface area (TPSA) is 111 Å². The van der Waals surface area contributed by atoms with Crippen molar-refractivity contribution in [2.45, 2.75) is 39.7 Å². The minimum absolute atomic E-state index is 0.0816. The summed E-state index contributed by atoms with van der Waals surface area (Å²) in [5.41, 5.74) is 2.01. The average Bonchev–Trinajstić information content (AvgIpc) is 2.59. The van der Waals surface area contributed by atoms with Gasteiger partial charge in [-0.3, -0.25) is 9.59 Å². The number of hydrogen-bond acceptors (Lipinski definition) is 4. The SMILES string of the molecule is Cc1ccc(NC(=O)CC(C)C)cc1NC(=O)N1CCNC(=O)C1CCO. The zero-order chi connectivity index (χ0) is 20.0. The molecule has 0 saturated carbocycles. The Kier molecular flexibility index (Phi) is 7.18. The quantitative estimate of drug-likeness (QED) is 0.605. The maximum Gasteiger partial charge on any atom is 0.322 e. The van der Waals surface area contributed by atoms with Crippen LogP contribution in [0.5, 0.6) is 0 Å². The second-order valence-electron chi connectivity index (χ2n) is 7.12. The Balaban J connectivity index is 2.11. The first-order chi connectivity index (χ1) is 12.8. The summed E-state index contributed by atoms with van der Waals surface area (Å²) in [6, 6.07) is 4.20. The maximum atomic E-state index is 12.7. The van der Waals surface area contributed by atoms with Crippen molar-refractivity contribution in [2.24, 2.45) is 5.92 Å². The van der Waals surface area contributed by atoms with Gasteiger partial charge in [0.15, 0.2) is 0 Å². The van der Waals surface area contributed by atoms with Crippen LogP contribution >= 0.6 is 0 Å². The molecule has 148 valence electrons. The monoisotopic (exact) mass is 376 g/mol. The molecule has 4 amide bonds. The lowest BCUT2D eigenvalue weighted by Crippen LogP contribution is -2.58. The Morgan fingerprint density at radius 3 is 2.74 bits per heavy atom. The van der Waals surface area contributed by atoms with Gasteiger partial charge < -0.3 is 26.0 Å². The standard InChI is InChI=1S/C19H28N4O4/c1-12(2)10-17(25)21-14-5-4-13(3)15(11-14)22-19(27)23-8-7-20-18(26)16(23)6-9-24/h4-5,11-12,16,24H,6-10H2,1-3H3,(H,20,26)(H,21,25)(H,22,27). The van der Waals surface area contributed by atoms with E-state index in [0.717, 1.165) is 5.56 Å². The number of anilines is 2. The molecule has 0 bridgehead atoms. The van der Waals surface area contributed by atoms with Gasteiger partial charge >= 0.3 is 6.03 Å². The molecule has 1 saturated heterocycles. The summed E-state index contributed by atoms with van der Waals surface area (Å²) < 4.78 is 0. The number of carbonyl (C=O) groups excluding carboxylic acids is 3. The number of urea groups is 1. The van der Waals surface area contributed by atoms with Crippen LogP contribution in [0.1, 0.15) is 32.3 Å². The van der Waals surface area contributed by atoms with Crippen molar-refractivity contribution in [1.29, 1.82) is 0 Å². The van der Waals surface area contributed by atoms with E-state index >= 15 is 0 Å². The van der Waals surface area contributed by atoms with E-state index in [1.165, 1.54) is 4.90 Å². The second-order valence-corrected chi connectivity index (χ2v) is 7.12. The van der Waals surface area contributed by atoms with E-state index in [2.05, 4.69) is 16.0 Å². The number of nitrogens with zero attached hydrogens (tertiary/aromatic N) is 1. The largest absolute Gasteiger partial charge is 0.396 e. The molecule has 1 fully saturated rings. The number of aliphatic hydroxyl groups is 1. The minimum atomic E-state index is -0.696. The molecule has 1 aromatic rings. The van der Waals surface area contributed by atoms with E-state index in [1.54, 1.807) is 12.1 Å². The van der Waals surface area contributed by atoms with E-state index in [0.29, 0.717) is 30.9 Å². The Labute approximate surface area is 159 Å². The Hall–Kier alpha value is -2.61. The molecule has 0 aromatic heterocycles. The molecule has 0 radical (unpaired) electrons. The maximum absolute atomic E-state index is 12.7. The molecule has 1 atom stereocenters. The number of rotatable bonds is 6. The predicted octanol–water partition coefficient (Wildman–Crippen LogP) is 1.69. The smallest absolute Gasteiger partial charge is 0.322 e. The fraction of sp³-hybridized carbons (Fsp3) is 0.526. The first-order valence-corrected chi connectivity index (χ1v) is 9.18. The molecule has 1 unspecified atom stereocenters. The lowest BCUT2D eigenvalue weighted by Gasteiger charge is -2.34. The van der Waals surface area contributed by atoms with Gasteiger partial charge in [0.05, 0.1) is 0 Å². The molecule has 8 heteroatoms. The summed E-state index contributed by atoms with van der Waals surface area (Å²) >= 11 is 0. The fourth-order valence-corrected chi connectivity index (χ4v) is 2.97. The zero-order valence-electron chi connectivity index (χ0n) is 16.0. The molecular formula is C19H28N4O4. The molecule has 0 spiro atoms. The second kappa shape index (κ2) is 9.36. The molecular weight excluding hydrogens is 348 g/mol. The summed E-state index contributed by atoms with van der Waals surface area (Å²) in [5.74, 6) is -0.0953. The summed E-state index contributed by atoms with van der Waals surface area (Å²) in [6.45, 7) is 6.35. The Bertz CT molecular complexity index is 705. The van der Waals surface area contributed by atoms with Gasteiger partial charge in [0, 0.05) is 37.5 Å². The van der Waals surface area contributed by atoms with Gasteiger partial charge in [-0.1, -0.05) is 19.9 Å². The van der Waals surface area contributed by atoms with Crippen LogP contribution < -0.4 is 16.0 Å². The van der Waals surface area contributed by atoms with Crippen LogP contribution in [0.2, 0.25) is 0 Å². The van der Waals surface area contributed by atoms with Crippen LogP contribution in [0, 0.1) is 12.8 Å².